The van der Waals surface area contributed by atoms with Gasteiger partial charge in [0.1, 0.15) is 0 Å². The molecule has 2 heteroatoms. The van der Waals surface area contributed by atoms with Gasteiger partial charge in [0.15, 0.2) is 0 Å². The van der Waals surface area contributed by atoms with E-state index < -0.39 is 5.41 Å². The molecule has 0 saturated carbocycles. The normalized spacial score (nSPS) is 13.3. The van der Waals surface area contributed by atoms with Crippen molar-refractivity contribution in [3.8, 4) is 22.3 Å². The van der Waals surface area contributed by atoms with Gasteiger partial charge in [0, 0.05) is 34.1 Å². The van der Waals surface area contributed by atoms with Crippen LogP contribution in [-0.2, 0) is 5.41 Å². The maximum atomic E-state index is 4.06. The Hall–Kier alpha value is -7.68. The molecule has 0 aromatic heterocycles. The number of anilines is 5. The van der Waals surface area contributed by atoms with Gasteiger partial charge in [-0.25, -0.2) is 0 Å². The average molecular weight is 767 g/mol. The van der Waals surface area contributed by atoms with Crippen LogP contribution in [0.2, 0.25) is 0 Å². The van der Waals surface area contributed by atoms with E-state index in [0.29, 0.717) is 0 Å². The minimum atomic E-state index is -0.531. The van der Waals surface area contributed by atoms with E-state index in [1.54, 1.807) is 0 Å². The van der Waals surface area contributed by atoms with Crippen molar-refractivity contribution in [1.29, 1.82) is 0 Å². The van der Waals surface area contributed by atoms with Crippen LogP contribution in [0.4, 0.5) is 28.4 Å². The third kappa shape index (κ3) is 5.28. The summed E-state index contributed by atoms with van der Waals surface area (Å²) in [5, 5.41) is 4.95. The summed E-state index contributed by atoms with van der Waals surface area (Å²) in [5.74, 6) is 0. The molecule has 9 aromatic rings. The highest BCUT2D eigenvalue weighted by Crippen LogP contribution is 2.65. The molecule has 1 spiro atoms. The Kier molecular flexibility index (Phi) is 8.46. The van der Waals surface area contributed by atoms with Gasteiger partial charge in [-0.3, -0.25) is 0 Å². The predicted octanol–water partition coefficient (Wildman–Crippen LogP) is 15.6. The number of benzene rings is 9. The first-order valence-electron chi connectivity index (χ1n) is 20.8. The monoisotopic (exact) mass is 766 g/mol. The van der Waals surface area contributed by atoms with E-state index in [9.17, 15) is 0 Å². The fraction of sp³-hybridized carbons (Fsp3) is 0.0345. The molecule has 2 aliphatic rings. The third-order valence-corrected chi connectivity index (χ3v) is 12.4. The Labute approximate surface area is 351 Å². The van der Waals surface area contributed by atoms with Crippen molar-refractivity contribution in [3.05, 3.63) is 259 Å². The smallest absolute Gasteiger partial charge is 0.0737 e. The second kappa shape index (κ2) is 14.3. The van der Waals surface area contributed by atoms with E-state index >= 15 is 0 Å². The molecule has 0 aliphatic heterocycles. The zero-order valence-electron chi connectivity index (χ0n) is 33.5. The molecule has 0 radical (unpaired) electrons. The Bertz CT molecular complexity index is 3090. The van der Waals surface area contributed by atoms with Gasteiger partial charge in [0.25, 0.3) is 0 Å². The first kappa shape index (κ1) is 35.5. The quantitative estimate of drug-likeness (QED) is 0.142. The van der Waals surface area contributed by atoms with Crippen LogP contribution in [0.15, 0.2) is 237 Å². The summed E-state index contributed by atoms with van der Waals surface area (Å²) in [5.41, 5.74) is 16.7. The van der Waals surface area contributed by atoms with Crippen LogP contribution < -0.4 is 9.80 Å². The van der Waals surface area contributed by atoms with Crippen molar-refractivity contribution in [3.63, 3.8) is 0 Å². The van der Waals surface area contributed by atoms with Gasteiger partial charge in [0.2, 0.25) is 0 Å². The zero-order valence-corrected chi connectivity index (χ0v) is 33.5. The molecule has 0 atom stereocenters. The zero-order chi connectivity index (χ0) is 40.2. The van der Waals surface area contributed by atoms with E-state index in [-0.39, 0.29) is 0 Å². The Morgan fingerprint density at radius 3 is 1.43 bits per heavy atom. The van der Waals surface area contributed by atoms with Crippen LogP contribution in [0.1, 0.15) is 29.2 Å². The molecule has 0 fully saturated rings. The van der Waals surface area contributed by atoms with Gasteiger partial charge in [-0.1, -0.05) is 158 Å². The number of hydrogen-bond acceptors (Lipinski definition) is 2. The van der Waals surface area contributed by atoms with Crippen molar-refractivity contribution in [2.24, 2.45) is 0 Å². The molecule has 0 bridgehead atoms. The number of nitrogens with zero attached hydrogens (tertiary/aromatic N) is 2. The fourth-order valence-corrected chi connectivity index (χ4v) is 10.2. The summed E-state index contributed by atoms with van der Waals surface area (Å²) in [6.07, 6.45) is 8.18. The standard InChI is InChI=1S/C58H42N2/c1-3-18-42(19-4-2)59(43-20-8-5-9-21-43)46-32-36-48-40(38-46)30-34-52-53-35-31-41-39-47(60(44-22-10-6-11-23-44)45-24-12-7-13-25-45)33-37-49(41)57(53)58(56(48)52)54-28-16-14-26-50(54)51-27-15-17-29-55(51)58/h3-39H,1H2,2H3/b19-4-,42-18+. The van der Waals surface area contributed by atoms with Gasteiger partial charge in [-0.2, -0.15) is 0 Å². The van der Waals surface area contributed by atoms with Crippen LogP contribution in [0.25, 0.3) is 43.8 Å². The van der Waals surface area contributed by atoms with E-state index in [4.69, 9.17) is 0 Å². The lowest BCUT2D eigenvalue weighted by molar-refractivity contribution is 0.809. The lowest BCUT2D eigenvalue weighted by atomic mass is 9.68. The summed E-state index contributed by atoms with van der Waals surface area (Å²) in [4.78, 5) is 4.67. The number of allylic oxidation sites excluding steroid dienone is 4. The summed E-state index contributed by atoms with van der Waals surface area (Å²) in [7, 11) is 0. The number of hydrogen-bond donors (Lipinski definition) is 0. The molecule has 0 saturated heterocycles. The molecule has 284 valence electrons. The van der Waals surface area contributed by atoms with E-state index in [1.807, 2.05) is 6.08 Å². The van der Waals surface area contributed by atoms with Gasteiger partial charge in [-0.15, -0.1) is 0 Å². The Morgan fingerprint density at radius 1 is 0.450 bits per heavy atom. The SMILES string of the molecule is C=C/C=C(\C=C/C)N(c1ccccc1)c1ccc2c3c(ccc2c1)-c1ccc2cc(N(c4ccccc4)c4ccccc4)ccc2c1C31c2ccccc2-c2ccccc21. The van der Waals surface area contributed by atoms with Crippen molar-refractivity contribution < 1.29 is 0 Å². The minimum absolute atomic E-state index is 0.531. The van der Waals surface area contributed by atoms with Gasteiger partial charge in [-0.05, 0) is 146 Å². The van der Waals surface area contributed by atoms with E-state index in [0.717, 1.165) is 34.1 Å². The topological polar surface area (TPSA) is 6.48 Å². The molecule has 0 unspecified atom stereocenters. The molecule has 11 rings (SSSR count). The van der Waals surface area contributed by atoms with Crippen LogP contribution in [0, 0.1) is 0 Å². The fourth-order valence-electron chi connectivity index (χ4n) is 10.2. The largest absolute Gasteiger partial charge is 0.310 e. The summed E-state index contributed by atoms with van der Waals surface area (Å²) < 4.78 is 0. The summed E-state index contributed by atoms with van der Waals surface area (Å²) >= 11 is 0. The van der Waals surface area contributed by atoms with Crippen molar-refractivity contribution >= 4 is 50.0 Å². The molecule has 9 aromatic carbocycles. The maximum absolute atomic E-state index is 4.06. The van der Waals surface area contributed by atoms with Crippen molar-refractivity contribution in [2.75, 3.05) is 9.80 Å². The molecule has 60 heavy (non-hydrogen) atoms. The second-order valence-corrected chi connectivity index (χ2v) is 15.6. The van der Waals surface area contributed by atoms with Gasteiger partial charge in [0.05, 0.1) is 5.41 Å². The average Bonchev–Trinajstić information content (AvgIpc) is 3.78. The number of fused-ring (bicyclic) bond motifs is 14. The van der Waals surface area contributed by atoms with Crippen molar-refractivity contribution in [2.45, 2.75) is 12.3 Å². The van der Waals surface area contributed by atoms with Crippen LogP contribution >= 0.6 is 0 Å². The lowest BCUT2D eigenvalue weighted by Gasteiger charge is -2.33. The highest BCUT2D eigenvalue weighted by Gasteiger charge is 2.53. The summed E-state index contributed by atoms with van der Waals surface area (Å²) in [6, 6.07) is 73.7. The first-order chi connectivity index (χ1) is 29.7. The van der Waals surface area contributed by atoms with Crippen molar-refractivity contribution in [1.82, 2.24) is 0 Å². The van der Waals surface area contributed by atoms with E-state index in [2.05, 4.69) is 242 Å². The molecule has 2 aliphatic carbocycles. The molecular formula is C58H42N2. The number of rotatable bonds is 8. The molecule has 0 heterocycles. The van der Waals surface area contributed by atoms with Crippen LogP contribution in [-0.4, -0.2) is 0 Å². The lowest BCUT2D eigenvalue weighted by Crippen LogP contribution is -2.26. The predicted molar refractivity (Wildman–Crippen MR) is 254 cm³/mol. The second-order valence-electron chi connectivity index (χ2n) is 15.6. The highest BCUT2D eigenvalue weighted by atomic mass is 15.1. The molecule has 0 amide bonds. The Morgan fingerprint density at radius 2 is 0.917 bits per heavy atom. The van der Waals surface area contributed by atoms with Gasteiger partial charge >= 0.3 is 0 Å². The number of para-hydroxylation sites is 3. The van der Waals surface area contributed by atoms with Crippen LogP contribution in [0.5, 0.6) is 0 Å². The summed E-state index contributed by atoms with van der Waals surface area (Å²) in [6.45, 7) is 6.12. The maximum Gasteiger partial charge on any atom is 0.0737 e. The van der Waals surface area contributed by atoms with Crippen LogP contribution in [0.3, 0.4) is 0 Å². The minimum Gasteiger partial charge on any atom is -0.310 e. The Balaban J connectivity index is 1.18. The molecular weight excluding hydrogens is 725 g/mol. The van der Waals surface area contributed by atoms with E-state index in [1.165, 1.54) is 66.1 Å². The highest BCUT2D eigenvalue weighted by molar-refractivity contribution is 6.10. The molecule has 0 N–H and O–H groups in total. The first-order valence-corrected chi connectivity index (χ1v) is 20.8. The molecule has 2 nitrogen and oxygen atoms in total. The third-order valence-electron chi connectivity index (χ3n) is 12.4. The van der Waals surface area contributed by atoms with Gasteiger partial charge < -0.3 is 9.80 Å².